The summed E-state index contributed by atoms with van der Waals surface area (Å²) in [5, 5.41) is 4.18. The molecule has 0 spiro atoms. The van der Waals surface area contributed by atoms with Crippen molar-refractivity contribution in [3.8, 4) is 5.88 Å². The second-order valence-corrected chi connectivity index (χ2v) is 9.83. The first-order valence-electron chi connectivity index (χ1n) is 8.26. The van der Waals surface area contributed by atoms with Gasteiger partial charge in [0, 0.05) is 5.38 Å². The highest BCUT2D eigenvalue weighted by atomic mass is 79.9. The molecule has 0 atom stereocenters. The molecule has 0 saturated heterocycles. The molecule has 29 heavy (non-hydrogen) atoms. The molecule has 3 aromatic rings. The SMILES string of the molecule is COc1ncc(NC(=O)c2csc(Br)n2)cc1S(=O)(=O)Nc1c(C)cccc1C. The number of rotatable bonds is 6. The summed E-state index contributed by atoms with van der Waals surface area (Å²) in [5.41, 5.74) is 2.44. The molecule has 1 amide bonds. The minimum absolute atomic E-state index is 0.0851. The van der Waals surface area contributed by atoms with E-state index >= 15 is 0 Å². The van der Waals surface area contributed by atoms with Gasteiger partial charge in [0.25, 0.3) is 15.9 Å². The van der Waals surface area contributed by atoms with Crippen LogP contribution in [0, 0.1) is 13.8 Å². The Hall–Kier alpha value is -2.50. The van der Waals surface area contributed by atoms with Crippen molar-refractivity contribution in [1.82, 2.24) is 9.97 Å². The number of anilines is 2. The highest BCUT2D eigenvalue weighted by Crippen LogP contribution is 2.29. The fraction of sp³-hybridized carbons (Fsp3) is 0.167. The Kier molecular flexibility index (Phi) is 6.20. The maximum absolute atomic E-state index is 13.0. The van der Waals surface area contributed by atoms with Gasteiger partial charge in [-0.05, 0) is 47.0 Å². The lowest BCUT2D eigenvalue weighted by molar-refractivity contribution is 0.102. The number of benzene rings is 1. The van der Waals surface area contributed by atoms with Crippen molar-refractivity contribution in [3.63, 3.8) is 0 Å². The van der Waals surface area contributed by atoms with Crippen LogP contribution in [0.4, 0.5) is 11.4 Å². The topological polar surface area (TPSA) is 110 Å². The van der Waals surface area contributed by atoms with E-state index in [1.807, 2.05) is 32.0 Å². The predicted octanol–water partition coefficient (Wildman–Crippen LogP) is 3.98. The third kappa shape index (κ3) is 4.74. The average Bonchev–Trinajstić information content (AvgIpc) is 3.11. The number of carbonyl (C=O) groups is 1. The number of hydrogen-bond acceptors (Lipinski definition) is 7. The Morgan fingerprint density at radius 1 is 1.24 bits per heavy atom. The van der Waals surface area contributed by atoms with Gasteiger partial charge in [-0.15, -0.1) is 11.3 Å². The predicted molar refractivity (Wildman–Crippen MR) is 115 cm³/mol. The number of nitrogens with one attached hydrogen (secondary N) is 2. The maximum atomic E-state index is 13.0. The first kappa shape index (κ1) is 21.2. The molecule has 1 aromatic carbocycles. The summed E-state index contributed by atoms with van der Waals surface area (Å²) < 4.78 is 34.3. The van der Waals surface area contributed by atoms with Crippen molar-refractivity contribution in [3.05, 3.63) is 56.6 Å². The van der Waals surface area contributed by atoms with Gasteiger partial charge in [0.15, 0.2) is 8.81 Å². The number of hydrogen-bond donors (Lipinski definition) is 2. The number of aryl methyl sites for hydroxylation is 2. The number of aromatic nitrogens is 2. The van der Waals surface area contributed by atoms with E-state index in [4.69, 9.17) is 4.74 Å². The third-order valence-electron chi connectivity index (χ3n) is 3.99. The number of amides is 1. The van der Waals surface area contributed by atoms with Crippen LogP contribution in [0.3, 0.4) is 0 Å². The number of ether oxygens (including phenoxy) is 1. The molecule has 0 bridgehead atoms. The number of sulfonamides is 1. The van der Waals surface area contributed by atoms with Crippen LogP contribution in [0.1, 0.15) is 21.6 Å². The molecule has 11 heteroatoms. The van der Waals surface area contributed by atoms with E-state index in [1.54, 1.807) is 5.38 Å². The van der Waals surface area contributed by atoms with Crippen LogP contribution in [0.25, 0.3) is 0 Å². The van der Waals surface area contributed by atoms with Crippen molar-refractivity contribution >= 4 is 54.6 Å². The molecule has 2 aromatic heterocycles. The number of pyridine rings is 1. The zero-order valence-electron chi connectivity index (χ0n) is 15.7. The summed E-state index contributed by atoms with van der Waals surface area (Å²) >= 11 is 4.46. The maximum Gasteiger partial charge on any atom is 0.275 e. The van der Waals surface area contributed by atoms with Crippen LogP contribution >= 0.6 is 27.3 Å². The minimum Gasteiger partial charge on any atom is -0.480 e. The highest BCUT2D eigenvalue weighted by molar-refractivity contribution is 9.11. The van der Waals surface area contributed by atoms with Crippen molar-refractivity contribution in [1.29, 1.82) is 0 Å². The lowest BCUT2D eigenvalue weighted by Crippen LogP contribution is -2.18. The fourth-order valence-corrected chi connectivity index (χ4v) is 4.90. The van der Waals surface area contributed by atoms with E-state index < -0.39 is 15.9 Å². The van der Waals surface area contributed by atoms with Crippen LogP contribution in [0.5, 0.6) is 5.88 Å². The highest BCUT2D eigenvalue weighted by Gasteiger charge is 2.24. The van der Waals surface area contributed by atoms with Gasteiger partial charge in [0.05, 0.1) is 24.7 Å². The van der Waals surface area contributed by atoms with Crippen molar-refractivity contribution < 1.29 is 17.9 Å². The van der Waals surface area contributed by atoms with E-state index in [9.17, 15) is 13.2 Å². The van der Waals surface area contributed by atoms with Gasteiger partial charge in [-0.25, -0.2) is 18.4 Å². The molecule has 0 aliphatic heterocycles. The monoisotopic (exact) mass is 496 g/mol. The van der Waals surface area contributed by atoms with Crippen LogP contribution < -0.4 is 14.8 Å². The molecule has 8 nitrogen and oxygen atoms in total. The van der Waals surface area contributed by atoms with E-state index in [0.717, 1.165) is 11.1 Å². The quantitative estimate of drug-likeness (QED) is 0.533. The number of halogens is 1. The standard InChI is InChI=1S/C18H17BrN4O4S2/c1-10-5-4-6-11(2)15(10)23-29(25,26)14-7-12(8-20-17(14)27-3)21-16(24)13-9-28-18(19)22-13/h4-9,23H,1-3H3,(H,21,24). The Labute approximate surface area is 180 Å². The van der Waals surface area contributed by atoms with Crippen LogP contribution in [-0.2, 0) is 10.0 Å². The van der Waals surface area contributed by atoms with Gasteiger partial charge in [0.2, 0.25) is 5.88 Å². The molecular weight excluding hydrogens is 480 g/mol. The summed E-state index contributed by atoms with van der Waals surface area (Å²) in [4.78, 5) is 20.2. The van der Waals surface area contributed by atoms with Crippen molar-refractivity contribution in [2.45, 2.75) is 18.7 Å². The van der Waals surface area contributed by atoms with Gasteiger partial charge in [0.1, 0.15) is 5.69 Å². The fourth-order valence-electron chi connectivity index (χ4n) is 2.56. The van der Waals surface area contributed by atoms with Gasteiger partial charge >= 0.3 is 0 Å². The van der Waals surface area contributed by atoms with Crippen molar-refractivity contribution in [2.24, 2.45) is 0 Å². The molecule has 3 rings (SSSR count). The Morgan fingerprint density at radius 3 is 2.52 bits per heavy atom. The smallest absolute Gasteiger partial charge is 0.275 e. The van der Waals surface area contributed by atoms with Crippen LogP contribution in [-0.4, -0.2) is 31.4 Å². The average molecular weight is 497 g/mol. The molecule has 0 saturated carbocycles. The lowest BCUT2D eigenvalue weighted by atomic mass is 10.1. The van der Waals surface area contributed by atoms with E-state index in [0.29, 0.717) is 9.60 Å². The lowest BCUT2D eigenvalue weighted by Gasteiger charge is -2.15. The van der Waals surface area contributed by atoms with Gasteiger partial charge in [-0.3, -0.25) is 9.52 Å². The largest absolute Gasteiger partial charge is 0.480 e. The number of nitrogens with zero attached hydrogens (tertiary/aromatic N) is 2. The van der Waals surface area contributed by atoms with E-state index in [2.05, 4.69) is 35.9 Å². The molecule has 0 fully saturated rings. The molecule has 0 aliphatic rings. The molecule has 2 N–H and O–H groups in total. The second-order valence-electron chi connectivity index (χ2n) is 6.04. The minimum atomic E-state index is -4.03. The third-order valence-corrected chi connectivity index (χ3v) is 6.69. The van der Waals surface area contributed by atoms with Crippen molar-refractivity contribution in [2.75, 3.05) is 17.1 Å². The number of methoxy groups -OCH3 is 1. The van der Waals surface area contributed by atoms with Crippen LogP contribution in [0.15, 0.2) is 44.7 Å². The zero-order chi connectivity index (χ0) is 21.2. The van der Waals surface area contributed by atoms with Crippen LogP contribution in [0.2, 0.25) is 0 Å². The zero-order valence-corrected chi connectivity index (χ0v) is 18.9. The first-order chi connectivity index (χ1) is 13.7. The number of para-hydroxylation sites is 1. The molecule has 2 heterocycles. The number of thiazole rings is 1. The Morgan fingerprint density at radius 2 is 1.93 bits per heavy atom. The molecule has 0 unspecified atom stereocenters. The molecule has 152 valence electrons. The summed E-state index contributed by atoms with van der Waals surface area (Å²) in [7, 11) is -2.70. The number of carbonyl (C=O) groups excluding carboxylic acids is 1. The normalized spacial score (nSPS) is 11.2. The summed E-state index contributed by atoms with van der Waals surface area (Å²) in [5.74, 6) is -0.567. The Balaban J connectivity index is 1.95. The molecule has 0 radical (unpaired) electrons. The Bertz CT molecular complexity index is 1160. The summed E-state index contributed by atoms with van der Waals surface area (Å²) in [6, 6.07) is 6.75. The van der Waals surface area contributed by atoms with Gasteiger partial charge < -0.3 is 10.1 Å². The summed E-state index contributed by atoms with van der Waals surface area (Å²) in [6.07, 6.45) is 1.32. The van der Waals surface area contributed by atoms with E-state index in [-0.39, 0.29) is 22.2 Å². The van der Waals surface area contributed by atoms with E-state index in [1.165, 1.54) is 30.7 Å². The first-order valence-corrected chi connectivity index (χ1v) is 11.4. The van der Waals surface area contributed by atoms with Gasteiger partial charge in [-0.1, -0.05) is 18.2 Å². The molecule has 0 aliphatic carbocycles. The second kappa shape index (κ2) is 8.47. The molecular formula is C18H17BrN4O4S2. The van der Waals surface area contributed by atoms with Gasteiger partial charge in [-0.2, -0.15) is 0 Å². The summed E-state index contributed by atoms with van der Waals surface area (Å²) in [6.45, 7) is 3.62.